The van der Waals surface area contributed by atoms with Crippen LogP contribution in [-0.4, -0.2) is 16.9 Å². The summed E-state index contributed by atoms with van der Waals surface area (Å²) < 4.78 is 4.86. The molecule has 1 unspecified atom stereocenters. The van der Waals surface area contributed by atoms with E-state index >= 15 is 0 Å². The van der Waals surface area contributed by atoms with Crippen LogP contribution in [0.15, 0.2) is 0 Å². The molecule has 0 saturated heterocycles. The van der Waals surface area contributed by atoms with Gasteiger partial charge < -0.3 is 10.5 Å². The summed E-state index contributed by atoms with van der Waals surface area (Å²) in [6, 6.07) is 0. The Hall–Kier alpha value is -0.220. The standard InChI is InChI=1S/C6H13NO2S/c1-6(2,3)9-5(8)4(7)10/h4,10H,7H2,1-3H3. The summed E-state index contributed by atoms with van der Waals surface area (Å²) in [6.45, 7) is 5.34. The molecule has 2 N–H and O–H groups in total. The van der Waals surface area contributed by atoms with E-state index in [0.29, 0.717) is 0 Å². The Balaban J connectivity index is 3.81. The lowest BCUT2D eigenvalue weighted by Crippen LogP contribution is -2.33. The number of nitrogens with two attached hydrogens (primary N) is 1. The Morgan fingerprint density at radius 2 is 2.00 bits per heavy atom. The number of hydrogen-bond donors (Lipinski definition) is 2. The van der Waals surface area contributed by atoms with Gasteiger partial charge in [-0.15, -0.1) is 12.6 Å². The maximum atomic E-state index is 10.7. The topological polar surface area (TPSA) is 52.3 Å². The minimum atomic E-state index is -0.834. The highest BCUT2D eigenvalue weighted by molar-refractivity contribution is 7.81. The molecule has 10 heavy (non-hydrogen) atoms. The van der Waals surface area contributed by atoms with Crippen molar-refractivity contribution in [2.24, 2.45) is 5.73 Å². The highest BCUT2D eigenvalue weighted by Crippen LogP contribution is 2.08. The van der Waals surface area contributed by atoms with Crippen LogP contribution in [0, 0.1) is 0 Å². The van der Waals surface area contributed by atoms with E-state index in [1.54, 1.807) is 20.8 Å². The molecule has 0 aromatic carbocycles. The van der Waals surface area contributed by atoms with Gasteiger partial charge in [0.25, 0.3) is 0 Å². The molecule has 0 aliphatic carbocycles. The fourth-order valence-corrected chi connectivity index (χ4v) is 0.415. The van der Waals surface area contributed by atoms with E-state index in [1.165, 1.54) is 0 Å². The normalized spacial score (nSPS) is 14.5. The number of carbonyl (C=O) groups excluding carboxylic acids is 1. The summed E-state index contributed by atoms with van der Waals surface area (Å²) in [6.07, 6.45) is 0. The molecule has 0 radical (unpaired) electrons. The third-order valence-corrected chi connectivity index (χ3v) is 0.859. The lowest BCUT2D eigenvalue weighted by molar-refractivity contribution is -0.153. The van der Waals surface area contributed by atoms with Gasteiger partial charge in [-0.3, -0.25) is 0 Å². The molecule has 1 atom stereocenters. The molecule has 4 heteroatoms. The Labute approximate surface area is 66.3 Å². The number of rotatable bonds is 1. The van der Waals surface area contributed by atoms with E-state index in [0.717, 1.165) is 0 Å². The second-order valence-electron chi connectivity index (χ2n) is 2.98. The molecule has 3 nitrogen and oxygen atoms in total. The van der Waals surface area contributed by atoms with Crippen LogP contribution in [0.4, 0.5) is 0 Å². The van der Waals surface area contributed by atoms with Crippen LogP contribution in [0.25, 0.3) is 0 Å². The van der Waals surface area contributed by atoms with Crippen molar-refractivity contribution in [3.63, 3.8) is 0 Å². The zero-order chi connectivity index (χ0) is 8.36. The Kier molecular flexibility index (Phi) is 3.18. The summed E-state index contributed by atoms with van der Waals surface area (Å²) in [5.41, 5.74) is 4.66. The Morgan fingerprint density at radius 1 is 1.60 bits per heavy atom. The molecule has 0 heterocycles. The fourth-order valence-electron chi connectivity index (χ4n) is 0.362. The molecule has 60 valence electrons. The number of hydrogen-bond acceptors (Lipinski definition) is 4. The van der Waals surface area contributed by atoms with E-state index in [1.807, 2.05) is 0 Å². The molecule has 0 saturated carbocycles. The van der Waals surface area contributed by atoms with Gasteiger partial charge in [0.1, 0.15) is 11.0 Å². The minimum Gasteiger partial charge on any atom is -0.458 e. The van der Waals surface area contributed by atoms with Gasteiger partial charge in [0.15, 0.2) is 0 Å². The first-order chi connectivity index (χ1) is 4.33. The van der Waals surface area contributed by atoms with Gasteiger partial charge in [-0.2, -0.15) is 0 Å². The Bertz CT molecular complexity index is 128. The van der Waals surface area contributed by atoms with Crippen molar-refractivity contribution in [1.29, 1.82) is 0 Å². The van der Waals surface area contributed by atoms with Crippen molar-refractivity contribution >= 4 is 18.6 Å². The van der Waals surface area contributed by atoms with Crippen LogP contribution in [0.5, 0.6) is 0 Å². The first-order valence-corrected chi connectivity index (χ1v) is 3.51. The predicted octanol–water partition coefficient (Wildman–Crippen LogP) is 0.543. The summed E-state index contributed by atoms with van der Waals surface area (Å²) in [4.78, 5) is 10.7. The van der Waals surface area contributed by atoms with Crippen molar-refractivity contribution in [3.05, 3.63) is 0 Å². The quantitative estimate of drug-likeness (QED) is 0.337. The molecule has 0 fully saturated rings. The van der Waals surface area contributed by atoms with Crippen molar-refractivity contribution in [3.8, 4) is 0 Å². The van der Waals surface area contributed by atoms with Crippen molar-refractivity contribution < 1.29 is 9.53 Å². The second-order valence-corrected chi connectivity index (χ2v) is 3.53. The maximum absolute atomic E-state index is 10.7. The molecular weight excluding hydrogens is 150 g/mol. The second kappa shape index (κ2) is 3.25. The third-order valence-electron chi connectivity index (χ3n) is 0.648. The van der Waals surface area contributed by atoms with Crippen LogP contribution >= 0.6 is 12.6 Å². The van der Waals surface area contributed by atoms with Crippen molar-refractivity contribution in [1.82, 2.24) is 0 Å². The van der Waals surface area contributed by atoms with Gasteiger partial charge >= 0.3 is 5.97 Å². The molecule has 0 rings (SSSR count). The van der Waals surface area contributed by atoms with Crippen LogP contribution in [0.1, 0.15) is 20.8 Å². The average Bonchev–Trinajstić information content (AvgIpc) is 1.60. The van der Waals surface area contributed by atoms with Gasteiger partial charge in [-0.1, -0.05) is 0 Å². The molecular formula is C6H13NO2S. The van der Waals surface area contributed by atoms with Gasteiger partial charge in [0, 0.05) is 0 Å². The van der Waals surface area contributed by atoms with Crippen molar-refractivity contribution in [2.75, 3.05) is 0 Å². The van der Waals surface area contributed by atoms with Crippen molar-refractivity contribution in [2.45, 2.75) is 31.7 Å². The molecule has 0 amide bonds. The zero-order valence-corrected chi connectivity index (χ0v) is 7.31. The summed E-state index contributed by atoms with van der Waals surface area (Å²) in [5.74, 6) is -0.490. The largest absolute Gasteiger partial charge is 0.458 e. The van der Waals surface area contributed by atoms with Gasteiger partial charge in [-0.05, 0) is 20.8 Å². The highest BCUT2D eigenvalue weighted by atomic mass is 32.1. The molecule has 0 bridgehead atoms. The molecule has 0 aromatic heterocycles. The van der Waals surface area contributed by atoms with Crippen LogP contribution in [-0.2, 0) is 9.53 Å². The van der Waals surface area contributed by atoms with E-state index in [2.05, 4.69) is 12.6 Å². The number of esters is 1. The van der Waals surface area contributed by atoms with Crippen LogP contribution in [0.2, 0.25) is 0 Å². The van der Waals surface area contributed by atoms with Crippen LogP contribution < -0.4 is 5.73 Å². The predicted molar refractivity (Wildman–Crippen MR) is 42.8 cm³/mol. The van der Waals surface area contributed by atoms with Gasteiger partial charge in [0.05, 0.1) is 0 Å². The lowest BCUT2D eigenvalue weighted by Gasteiger charge is -2.20. The maximum Gasteiger partial charge on any atom is 0.333 e. The molecule has 0 aromatic rings. The van der Waals surface area contributed by atoms with Crippen LogP contribution in [0.3, 0.4) is 0 Å². The summed E-state index contributed by atoms with van der Waals surface area (Å²) in [5, 5.41) is -0.834. The zero-order valence-electron chi connectivity index (χ0n) is 6.42. The van der Waals surface area contributed by atoms with E-state index in [4.69, 9.17) is 10.5 Å². The first-order valence-electron chi connectivity index (χ1n) is 2.99. The smallest absolute Gasteiger partial charge is 0.333 e. The molecule has 0 aliphatic rings. The monoisotopic (exact) mass is 163 g/mol. The number of ether oxygens (including phenoxy) is 1. The van der Waals surface area contributed by atoms with E-state index in [9.17, 15) is 4.79 Å². The molecule has 0 spiro atoms. The lowest BCUT2D eigenvalue weighted by atomic mass is 10.2. The average molecular weight is 163 g/mol. The third kappa shape index (κ3) is 4.64. The minimum absolute atomic E-state index is 0.475. The number of carbonyl (C=O) groups is 1. The SMILES string of the molecule is CC(C)(C)OC(=O)C(N)S. The first kappa shape index (κ1) is 9.78. The Morgan fingerprint density at radius 3 is 2.10 bits per heavy atom. The van der Waals surface area contributed by atoms with E-state index < -0.39 is 16.9 Å². The number of thiol groups is 1. The highest BCUT2D eigenvalue weighted by Gasteiger charge is 2.18. The van der Waals surface area contributed by atoms with E-state index in [-0.39, 0.29) is 0 Å². The van der Waals surface area contributed by atoms with Gasteiger partial charge in [-0.25, -0.2) is 4.79 Å². The summed E-state index contributed by atoms with van der Waals surface area (Å²) >= 11 is 3.71. The van der Waals surface area contributed by atoms with Gasteiger partial charge in [0.2, 0.25) is 0 Å². The fraction of sp³-hybridized carbons (Fsp3) is 0.833. The summed E-state index contributed by atoms with van der Waals surface area (Å²) in [7, 11) is 0. The molecule has 0 aliphatic heterocycles.